The number of rotatable bonds is 5. The molecule has 3 aromatic rings. The molecule has 3 rings (SSSR count). The summed E-state index contributed by atoms with van der Waals surface area (Å²) in [6.45, 7) is 0. The van der Waals surface area contributed by atoms with Crippen molar-refractivity contribution in [2.24, 2.45) is 5.73 Å². The molecule has 0 radical (unpaired) electrons. The lowest BCUT2D eigenvalue weighted by atomic mass is 10.1. The zero-order valence-corrected chi connectivity index (χ0v) is 14.7. The summed E-state index contributed by atoms with van der Waals surface area (Å²) >= 11 is 1.52. The van der Waals surface area contributed by atoms with Gasteiger partial charge in [0.25, 0.3) is 0 Å². The molecule has 0 saturated heterocycles. The molecule has 24 heavy (non-hydrogen) atoms. The highest BCUT2D eigenvalue weighted by Crippen LogP contribution is 2.29. The van der Waals surface area contributed by atoms with Crippen LogP contribution in [-0.4, -0.2) is 25.6 Å². The Hall–Kier alpha value is -2.25. The van der Waals surface area contributed by atoms with Gasteiger partial charge in [-0.25, -0.2) is 13.4 Å². The van der Waals surface area contributed by atoms with Gasteiger partial charge in [0, 0.05) is 19.1 Å². The molecule has 124 valence electrons. The number of aromatic nitrogens is 1. The first-order valence-corrected chi connectivity index (χ1v) is 10.0. The summed E-state index contributed by atoms with van der Waals surface area (Å²) in [6, 6.07) is 12.7. The average Bonchev–Trinajstić information content (AvgIpc) is 2.94. The highest BCUT2D eigenvalue weighted by atomic mass is 32.2. The molecule has 1 heterocycles. The Balaban J connectivity index is 1.97. The van der Waals surface area contributed by atoms with Crippen molar-refractivity contribution >= 4 is 37.3 Å². The van der Waals surface area contributed by atoms with Crippen LogP contribution >= 0.6 is 11.3 Å². The second-order valence-electron chi connectivity index (χ2n) is 5.56. The molecule has 0 aliphatic carbocycles. The van der Waals surface area contributed by atoms with Gasteiger partial charge < -0.3 is 5.73 Å². The number of amides is 1. The predicted molar refractivity (Wildman–Crippen MR) is 95.7 cm³/mol. The van der Waals surface area contributed by atoms with Crippen LogP contribution in [0.3, 0.4) is 0 Å². The number of nitrogens with two attached hydrogens (primary N) is 1. The zero-order valence-electron chi connectivity index (χ0n) is 13.0. The van der Waals surface area contributed by atoms with Gasteiger partial charge in [-0.2, -0.15) is 0 Å². The Bertz CT molecular complexity index is 1020. The molecule has 0 atom stereocenters. The normalized spacial score (nSPS) is 11.7. The van der Waals surface area contributed by atoms with Crippen LogP contribution in [0.5, 0.6) is 0 Å². The predicted octanol–water partition coefficient (Wildman–Crippen LogP) is 2.78. The number of thiazole rings is 1. The van der Waals surface area contributed by atoms with Gasteiger partial charge in [-0.15, -0.1) is 11.3 Å². The molecule has 0 saturated carbocycles. The fourth-order valence-corrected chi connectivity index (χ4v) is 4.07. The monoisotopic (exact) mass is 360 g/mol. The smallest absolute Gasteiger partial charge is 0.217 e. The maximum atomic E-state index is 11.7. The van der Waals surface area contributed by atoms with Crippen molar-refractivity contribution in [2.45, 2.75) is 17.7 Å². The SMILES string of the molecule is CS(=O)(=O)c1cccc(-c2ccc3nc(CCC(N)=O)sc3c2)c1. The molecule has 7 heteroatoms. The molecule has 0 fully saturated rings. The summed E-state index contributed by atoms with van der Waals surface area (Å²) < 4.78 is 24.4. The number of sulfone groups is 1. The van der Waals surface area contributed by atoms with Gasteiger partial charge >= 0.3 is 0 Å². The average molecular weight is 360 g/mol. The van der Waals surface area contributed by atoms with Crippen LogP contribution in [0.2, 0.25) is 0 Å². The van der Waals surface area contributed by atoms with E-state index in [0.717, 1.165) is 26.4 Å². The van der Waals surface area contributed by atoms with Crippen LogP contribution in [0.25, 0.3) is 21.3 Å². The molecule has 2 N–H and O–H groups in total. The quantitative estimate of drug-likeness (QED) is 0.757. The van der Waals surface area contributed by atoms with Crippen LogP contribution < -0.4 is 5.73 Å². The molecule has 2 aromatic carbocycles. The Morgan fingerprint density at radius 2 is 1.92 bits per heavy atom. The largest absolute Gasteiger partial charge is 0.370 e. The lowest BCUT2D eigenvalue weighted by Gasteiger charge is -2.04. The highest BCUT2D eigenvalue weighted by molar-refractivity contribution is 7.90. The van der Waals surface area contributed by atoms with Gasteiger partial charge in [0.1, 0.15) is 0 Å². The summed E-state index contributed by atoms with van der Waals surface area (Å²) in [6.07, 6.45) is 2.01. The second kappa shape index (κ2) is 6.33. The first-order valence-electron chi connectivity index (χ1n) is 7.31. The molecule has 0 unspecified atom stereocenters. The van der Waals surface area contributed by atoms with Crippen molar-refractivity contribution in [1.82, 2.24) is 4.98 Å². The number of hydrogen-bond acceptors (Lipinski definition) is 5. The highest BCUT2D eigenvalue weighted by Gasteiger charge is 2.10. The van der Waals surface area contributed by atoms with E-state index in [-0.39, 0.29) is 12.3 Å². The number of benzene rings is 2. The van der Waals surface area contributed by atoms with Gasteiger partial charge in [0.05, 0.1) is 20.1 Å². The fraction of sp³-hybridized carbons (Fsp3) is 0.176. The van der Waals surface area contributed by atoms with Gasteiger partial charge in [0.2, 0.25) is 5.91 Å². The summed E-state index contributed by atoms with van der Waals surface area (Å²) in [5, 5.41) is 0.867. The van der Waals surface area contributed by atoms with E-state index < -0.39 is 9.84 Å². The van der Waals surface area contributed by atoms with Gasteiger partial charge in [0.15, 0.2) is 9.84 Å². The summed E-state index contributed by atoms with van der Waals surface area (Å²) in [5.41, 5.74) is 7.80. The van der Waals surface area contributed by atoms with Crippen molar-refractivity contribution < 1.29 is 13.2 Å². The molecule has 5 nitrogen and oxygen atoms in total. The van der Waals surface area contributed by atoms with E-state index in [2.05, 4.69) is 4.98 Å². The molecular weight excluding hydrogens is 344 g/mol. The number of fused-ring (bicyclic) bond motifs is 1. The minimum absolute atomic E-state index is 0.281. The van der Waals surface area contributed by atoms with E-state index in [1.807, 2.05) is 24.3 Å². The number of aryl methyl sites for hydroxylation is 1. The molecule has 0 bridgehead atoms. The van der Waals surface area contributed by atoms with E-state index >= 15 is 0 Å². The Labute approximate surface area is 144 Å². The van der Waals surface area contributed by atoms with Gasteiger partial charge in [-0.3, -0.25) is 4.79 Å². The van der Waals surface area contributed by atoms with E-state index in [0.29, 0.717) is 11.3 Å². The number of carbonyl (C=O) groups excluding carboxylic acids is 1. The van der Waals surface area contributed by atoms with Gasteiger partial charge in [-0.05, 0) is 35.4 Å². The lowest BCUT2D eigenvalue weighted by Crippen LogP contribution is -2.10. The van der Waals surface area contributed by atoms with E-state index in [4.69, 9.17) is 5.73 Å². The van der Waals surface area contributed by atoms with Crippen LogP contribution in [0.15, 0.2) is 47.4 Å². The number of carbonyl (C=O) groups is 1. The van der Waals surface area contributed by atoms with Crippen molar-refractivity contribution in [3.8, 4) is 11.1 Å². The summed E-state index contributed by atoms with van der Waals surface area (Å²) in [5.74, 6) is -0.340. The number of hydrogen-bond donors (Lipinski definition) is 1. The Morgan fingerprint density at radius 1 is 1.17 bits per heavy atom. The molecule has 1 aromatic heterocycles. The standard InChI is InChI=1S/C17H16N2O3S2/c1-24(21,22)13-4-2-3-11(9-13)12-5-6-14-15(10-12)23-17(19-14)8-7-16(18)20/h2-6,9-10H,7-8H2,1H3,(H2,18,20). The minimum Gasteiger partial charge on any atom is -0.370 e. The van der Waals surface area contributed by atoms with Crippen molar-refractivity contribution in [1.29, 1.82) is 0 Å². The van der Waals surface area contributed by atoms with Crippen LogP contribution in [-0.2, 0) is 21.1 Å². The van der Waals surface area contributed by atoms with Crippen molar-refractivity contribution in [3.05, 3.63) is 47.5 Å². The Morgan fingerprint density at radius 3 is 2.62 bits per heavy atom. The summed E-state index contributed by atoms with van der Waals surface area (Å²) in [4.78, 5) is 15.7. The van der Waals surface area contributed by atoms with E-state index in [1.165, 1.54) is 17.6 Å². The third-order valence-electron chi connectivity index (χ3n) is 3.61. The molecule has 1 amide bonds. The van der Waals surface area contributed by atoms with Crippen molar-refractivity contribution in [3.63, 3.8) is 0 Å². The molecule has 0 aliphatic rings. The zero-order chi connectivity index (χ0) is 17.3. The summed E-state index contributed by atoms with van der Waals surface area (Å²) in [7, 11) is -3.24. The first kappa shape index (κ1) is 16.6. The maximum absolute atomic E-state index is 11.7. The van der Waals surface area contributed by atoms with Crippen LogP contribution in [0.4, 0.5) is 0 Å². The third kappa shape index (κ3) is 3.63. The van der Waals surface area contributed by atoms with Crippen molar-refractivity contribution in [2.75, 3.05) is 6.26 Å². The topological polar surface area (TPSA) is 90.1 Å². The Kier molecular flexibility index (Phi) is 4.38. The minimum atomic E-state index is -3.24. The first-order chi connectivity index (χ1) is 11.3. The number of nitrogens with zero attached hydrogens (tertiary/aromatic N) is 1. The molecule has 0 spiro atoms. The fourth-order valence-electron chi connectivity index (χ4n) is 2.40. The third-order valence-corrected chi connectivity index (χ3v) is 5.80. The van der Waals surface area contributed by atoms with Gasteiger partial charge in [-0.1, -0.05) is 18.2 Å². The number of primary amides is 1. The van der Waals surface area contributed by atoms with E-state index in [1.54, 1.807) is 18.2 Å². The van der Waals surface area contributed by atoms with Crippen LogP contribution in [0.1, 0.15) is 11.4 Å². The molecule has 0 aliphatic heterocycles. The maximum Gasteiger partial charge on any atom is 0.217 e. The van der Waals surface area contributed by atoms with E-state index in [9.17, 15) is 13.2 Å². The lowest BCUT2D eigenvalue weighted by molar-refractivity contribution is -0.117. The van der Waals surface area contributed by atoms with Crippen LogP contribution in [0, 0.1) is 0 Å². The second-order valence-corrected chi connectivity index (χ2v) is 8.69. The molecular formula is C17H16N2O3S2.